The minimum Gasteiger partial charge on any atom is -0.481 e. The van der Waals surface area contributed by atoms with E-state index in [1.165, 1.54) is 4.90 Å². The van der Waals surface area contributed by atoms with Crippen molar-refractivity contribution in [3.05, 3.63) is 0 Å². The number of likely N-dealkylation sites (tertiary alicyclic amines) is 1. The molecule has 3 N–H and O–H groups in total. The van der Waals surface area contributed by atoms with Gasteiger partial charge in [0, 0.05) is 33.6 Å². The van der Waals surface area contributed by atoms with Gasteiger partial charge in [0.05, 0.1) is 6.04 Å². The van der Waals surface area contributed by atoms with Crippen LogP contribution in [0, 0.1) is 0 Å². The summed E-state index contributed by atoms with van der Waals surface area (Å²) in [5.41, 5.74) is 5.56. The number of imide groups is 1. The summed E-state index contributed by atoms with van der Waals surface area (Å²) < 4.78 is 4.85. The highest BCUT2D eigenvalue weighted by molar-refractivity contribution is 6.00. The Hall–Kier alpha value is -1.47. The predicted octanol–water partition coefficient (Wildman–Crippen LogP) is -0.410. The number of nitrogens with two attached hydrogens (primary N) is 1. The van der Waals surface area contributed by atoms with Crippen molar-refractivity contribution >= 4 is 17.8 Å². The molecule has 7 heteroatoms. The van der Waals surface area contributed by atoms with Gasteiger partial charge in [0.25, 0.3) is 5.97 Å². The summed E-state index contributed by atoms with van der Waals surface area (Å²) in [6.45, 7) is 2.05. The first-order valence-electron chi connectivity index (χ1n) is 5.68. The van der Waals surface area contributed by atoms with Gasteiger partial charge in [-0.05, 0) is 12.8 Å². The van der Waals surface area contributed by atoms with Gasteiger partial charge in [-0.3, -0.25) is 19.3 Å². The number of carbonyl (C=O) groups is 3. The van der Waals surface area contributed by atoms with Crippen molar-refractivity contribution in [2.75, 3.05) is 20.3 Å². The Morgan fingerprint density at radius 3 is 2.61 bits per heavy atom. The lowest BCUT2D eigenvalue weighted by Gasteiger charge is -2.28. The van der Waals surface area contributed by atoms with E-state index in [9.17, 15) is 9.59 Å². The summed E-state index contributed by atoms with van der Waals surface area (Å²) in [4.78, 5) is 33.1. The number of hydrogen-bond donors (Lipinski definition) is 2. The molecule has 0 saturated carbocycles. The Morgan fingerprint density at radius 1 is 1.56 bits per heavy atom. The Bertz CT molecular complexity index is 302. The molecule has 1 saturated heterocycles. The molecule has 104 valence electrons. The molecule has 1 rings (SSSR count). The van der Waals surface area contributed by atoms with Crippen LogP contribution >= 0.6 is 0 Å². The predicted molar refractivity (Wildman–Crippen MR) is 63.7 cm³/mol. The van der Waals surface area contributed by atoms with Gasteiger partial charge in [0.15, 0.2) is 0 Å². The summed E-state index contributed by atoms with van der Waals surface area (Å²) >= 11 is 0. The van der Waals surface area contributed by atoms with Gasteiger partial charge in [0.2, 0.25) is 11.8 Å². The Labute approximate surface area is 106 Å². The van der Waals surface area contributed by atoms with Crippen LogP contribution in [0.4, 0.5) is 0 Å². The van der Waals surface area contributed by atoms with Crippen LogP contribution in [0.5, 0.6) is 0 Å². The summed E-state index contributed by atoms with van der Waals surface area (Å²) in [6.07, 6.45) is 1.51. The highest BCUT2D eigenvalue weighted by Crippen LogP contribution is 2.11. The van der Waals surface area contributed by atoms with Crippen molar-refractivity contribution in [1.82, 2.24) is 4.90 Å². The molecule has 0 aromatic carbocycles. The summed E-state index contributed by atoms with van der Waals surface area (Å²) in [6, 6.07) is -0.504. The maximum absolute atomic E-state index is 11.5. The Balaban J connectivity index is 0.000000631. The number of hydrogen-bond acceptors (Lipinski definition) is 5. The van der Waals surface area contributed by atoms with Crippen LogP contribution in [-0.2, 0) is 19.1 Å². The minimum absolute atomic E-state index is 0.118. The number of methoxy groups -OCH3 is 1. The van der Waals surface area contributed by atoms with Crippen molar-refractivity contribution in [3.63, 3.8) is 0 Å². The number of carboxylic acid groups (broad SMARTS) is 1. The SMILES string of the molecule is CC(=O)O.COCCCN1C(=O)CCC(N)C1=O. The van der Waals surface area contributed by atoms with Gasteiger partial charge in [-0.1, -0.05) is 0 Å². The van der Waals surface area contributed by atoms with Crippen LogP contribution in [0.2, 0.25) is 0 Å². The molecule has 0 aromatic heterocycles. The number of amides is 2. The van der Waals surface area contributed by atoms with E-state index in [0.29, 0.717) is 32.4 Å². The summed E-state index contributed by atoms with van der Waals surface area (Å²) in [5, 5.41) is 7.42. The van der Waals surface area contributed by atoms with Gasteiger partial charge in [0.1, 0.15) is 0 Å². The largest absolute Gasteiger partial charge is 0.481 e. The van der Waals surface area contributed by atoms with Crippen molar-refractivity contribution in [2.45, 2.75) is 32.2 Å². The molecule has 0 radical (unpaired) electrons. The molecule has 1 fully saturated rings. The quantitative estimate of drug-likeness (QED) is 0.525. The van der Waals surface area contributed by atoms with Gasteiger partial charge in [-0.25, -0.2) is 0 Å². The molecule has 1 heterocycles. The van der Waals surface area contributed by atoms with Gasteiger partial charge >= 0.3 is 0 Å². The number of piperidine rings is 1. The molecule has 7 nitrogen and oxygen atoms in total. The van der Waals surface area contributed by atoms with Crippen LogP contribution in [0.3, 0.4) is 0 Å². The van der Waals surface area contributed by atoms with Crippen molar-refractivity contribution < 1.29 is 24.2 Å². The first-order chi connectivity index (χ1) is 8.40. The maximum Gasteiger partial charge on any atom is 0.300 e. The van der Waals surface area contributed by atoms with Crippen molar-refractivity contribution in [3.8, 4) is 0 Å². The Morgan fingerprint density at radius 2 is 2.11 bits per heavy atom. The number of carboxylic acids is 1. The number of ether oxygens (including phenoxy) is 1. The molecule has 18 heavy (non-hydrogen) atoms. The second-order valence-electron chi connectivity index (χ2n) is 3.89. The van der Waals surface area contributed by atoms with E-state index in [2.05, 4.69) is 0 Å². The molecule has 2 amide bonds. The molecule has 0 aromatic rings. The van der Waals surface area contributed by atoms with Gasteiger partial charge in [-0.2, -0.15) is 0 Å². The van der Waals surface area contributed by atoms with Crippen molar-refractivity contribution in [2.24, 2.45) is 5.73 Å². The third-order valence-corrected chi connectivity index (χ3v) is 2.28. The van der Waals surface area contributed by atoms with E-state index in [1.807, 2.05) is 0 Å². The lowest BCUT2D eigenvalue weighted by Crippen LogP contribution is -2.51. The monoisotopic (exact) mass is 260 g/mol. The number of carbonyl (C=O) groups excluding carboxylic acids is 2. The summed E-state index contributed by atoms with van der Waals surface area (Å²) in [5.74, 6) is -1.20. The van der Waals surface area contributed by atoms with E-state index in [1.54, 1.807) is 7.11 Å². The fourth-order valence-corrected chi connectivity index (χ4v) is 1.46. The maximum atomic E-state index is 11.5. The number of rotatable bonds is 4. The molecular weight excluding hydrogens is 240 g/mol. The second-order valence-corrected chi connectivity index (χ2v) is 3.89. The average Bonchev–Trinajstić information content (AvgIpc) is 2.28. The van der Waals surface area contributed by atoms with E-state index in [-0.39, 0.29) is 11.8 Å². The molecule has 1 aliphatic heterocycles. The zero-order chi connectivity index (χ0) is 14.1. The topological polar surface area (TPSA) is 110 Å². The highest BCUT2D eigenvalue weighted by Gasteiger charge is 2.31. The summed E-state index contributed by atoms with van der Waals surface area (Å²) in [7, 11) is 1.59. The van der Waals surface area contributed by atoms with Gasteiger partial charge in [-0.15, -0.1) is 0 Å². The standard InChI is InChI=1S/C9H16N2O3.C2H4O2/c1-14-6-2-5-11-8(12)4-3-7(10)9(11)13;1-2(3)4/h7H,2-6,10H2,1H3;1H3,(H,3,4). The smallest absolute Gasteiger partial charge is 0.300 e. The molecule has 1 unspecified atom stereocenters. The number of nitrogens with zero attached hydrogens (tertiary/aromatic N) is 1. The molecule has 1 aliphatic rings. The lowest BCUT2D eigenvalue weighted by molar-refractivity contribution is -0.149. The highest BCUT2D eigenvalue weighted by atomic mass is 16.5. The normalized spacial score (nSPS) is 19.3. The molecule has 0 bridgehead atoms. The van der Waals surface area contributed by atoms with Crippen LogP contribution in [0.25, 0.3) is 0 Å². The third kappa shape index (κ3) is 6.31. The molecular formula is C11H20N2O5. The number of aliphatic carboxylic acids is 1. The van der Waals surface area contributed by atoms with Crippen LogP contribution < -0.4 is 5.73 Å². The second kappa shape index (κ2) is 8.60. The zero-order valence-electron chi connectivity index (χ0n) is 10.7. The minimum atomic E-state index is -0.833. The van der Waals surface area contributed by atoms with Crippen LogP contribution in [-0.4, -0.2) is 54.1 Å². The molecule has 0 aliphatic carbocycles. The average molecular weight is 260 g/mol. The Kier molecular flexibility index (Phi) is 7.89. The van der Waals surface area contributed by atoms with E-state index < -0.39 is 12.0 Å². The zero-order valence-corrected chi connectivity index (χ0v) is 10.7. The lowest BCUT2D eigenvalue weighted by atomic mass is 10.1. The van der Waals surface area contributed by atoms with E-state index in [4.69, 9.17) is 20.4 Å². The van der Waals surface area contributed by atoms with Gasteiger partial charge < -0.3 is 15.6 Å². The fraction of sp³-hybridized carbons (Fsp3) is 0.727. The first-order valence-corrected chi connectivity index (χ1v) is 5.68. The first kappa shape index (κ1) is 16.5. The molecule has 0 spiro atoms. The van der Waals surface area contributed by atoms with Crippen LogP contribution in [0.1, 0.15) is 26.2 Å². The van der Waals surface area contributed by atoms with E-state index >= 15 is 0 Å². The molecule has 1 atom stereocenters. The van der Waals surface area contributed by atoms with Crippen molar-refractivity contribution in [1.29, 1.82) is 0 Å². The van der Waals surface area contributed by atoms with E-state index in [0.717, 1.165) is 6.92 Å². The fourth-order valence-electron chi connectivity index (χ4n) is 1.46. The van der Waals surface area contributed by atoms with Crippen LogP contribution in [0.15, 0.2) is 0 Å². The third-order valence-electron chi connectivity index (χ3n) is 2.28.